The summed E-state index contributed by atoms with van der Waals surface area (Å²) in [6, 6.07) is 17.2. The van der Waals surface area contributed by atoms with E-state index in [2.05, 4.69) is 91.7 Å². The fraction of sp³-hybridized carbons (Fsp3) is 0.333. The molecule has 0 spiro atoms. The zero-order chi connectivity index (χ0) is 21.8. The van der Waals surface area contributed by atoms with Crippen molar-refractivity contribution in [2.24, 2.45) is 5.41 Å². The number of ketones is 1. The molecule has 1 aliphatic heterocycles. The van der Waals surface area contributed by atoms with Crippen LogP contribution in [0.1, 0.15) is 61.8 Å². The van der Waals surface area contributed by atoms with E-state index in [-0.39, 0.29) is 17.1 Å². The summed E-state index contributed by atoms with van der Waals surface area (Å²) in [6.45, 7) is 8.58. The molecule has 4 heteroatoms. The molecule has 1 aliphatic carbocycles. The van der Waals surface area contributed by atoms with Crippen LogP contribution in [0.4, 0.5) is 5.82 Å². The molecule has 4 nitrogen and oxygen atoms in total. The molecule has 1 aromatic heterocycles. The van der Waals surface area contributed by atoms with Crippen LogP contribution in [0.25, 0.3) is 11.3 Å². The van der Waals surface area contributed by atoms with Crippen LogP contribution in [0.5, 0.6) is 0 Å². The van der Waals surface area contributed by atoms with Gasteiger partial charge in [-0.1, -0.05) is 74.9 Å². The van der Waals surface area contributed by atoms with Crippen molar-refractivity contribution in [2.45, 2.75) is 52.9 Å². The number of aromatic nitrogens is 2. The van der Waals surface area contributed by atoms with Gasteiger partial charge >= 0.3 is 0 Å². The average Bonchev–Trinajstić information content (AvgIpc) is 3.15. The maximum atomic E-state index is 13.4. The summed E-state index contributed by atoms with van der Waals surface area (Å²) in [7, 11) is 0. The number of fused-ring (bicyclic) bond motifs is 1. The molecule has 31 heavy (non-hydrogen) atoms. The minimum Gasteiger partial charge on any atom is -0.342 e. The third-order valence-corrected chi connectivity index (χ3v) is 6.63. The Kier molecular flexibility index (Phi) is 4.62. The molecule has 5 rings (SSSR count). The van der Waals surface area contributed by atoms with Crippen molar-refractivity contribution in [3.8, 4) is 11.3 Å². The summed E-state index contributed by atoms with van der Waals surface area (Å²) in [5, 5.41) is 11.5. The molecule has 2 N–H and O–H groups in total. The SMILES string of the molecule is CCc1ccc(-c2[nH]nc3c2[C@H](c2ccc(C)cc2)C2=C(CC(C)(C)CC2=O)N3)cc1. The Morgan fingerprint density at radius 2 is 1.74 bits per heavy atom. The van der Waals surface area contributed by atoms with Crippen LogP contribution < -0.4 is 5.32 Å². The number of aromatic amines is 1. The Hall–Kier alpha value is -3.14. The fourth-order valence-corrected chi connectivity index (χ4v) is 5.01. The molecule has 0 unspecified atom stereocenters. The van der Waals surface area contributed by atoms with Crippen LogP contribution in [0.3, 0.4) is 0 Å². The molecular weight excluding hydrogens is 382 g/mol. The van der Waals surface area contributed by atoms with E-state index in [1.807, 2.05) is 0 Å². The zero-order valence-corrected chi connectivity index (χ0v) is 18.7. The number of nitrogens with zero attached hydrogens (tertiary/aromatic N) is 1. The number of H-pyrrole nitrogens is 1. The van der Waals surface area contributed by atoms with Gasteiger partial charge in [0.05, 0.1) is 5.69 Å². The Morgan fingerprint density at radius 1 is 1.03 bits per heavy atom. The second-order valence-corrected chi connectivity index (χ2v) is 9.71. The van der Waals surface area contributed by atoms with Crippen LogP contribution >= 0.6 is 0 Å². The van der Waals surface area contributed by atoms with E-state index in [9.17, 15) is 4.79 Å². The number of rotatable bonds is 3. The lowest BCUT2D eigenvalue weighted by molar-refractivity contribution is -0.118. The molecular formula is C27H29N3O. The van der Waals surface area contributed by atoms with E-state index >= 15 is 0 Å². The number of allylic oxidation sites excluding steroid dienone is 2. The molecule has 3 aromatic rings. The van der Waals surface area contributed by atoms with Crippen LogP contribution in [0, 0.1) is 12.3 Å². The summed E-state index contributed by atoms with van der Waals surface area (Å²) in [5.74, 6) is 0.961. The summed E-state index contributed by atoms with van der Waals surface area (Å²) in [4.78, 5) is 13.4. The Bertz CT molecular complexity index is 1180. The first kappa shape index (κ1) is 19.8. The first-order valence-electron chi connectivity index (χ1n) is 11.1. The number of nitrogens with one attached hydrogen (secondary N) is 2. The van der Waals surface area contributed by atoms with Crippen molar-refractivity contribution in [3.05, 3.63) is 82.1 Å². The predicted octanol–water partition coefficient (Wildman–Crippen LogP) is 6.15. The second kappa shape index (κ2) is 7.23. The number of anilines is 1. The second-order valence-electron chi connectivity index (χ2n) is 9.71. The Morgan fingerprint density at radius 3 is 2.42 bits per heavy atom. The number of hydrogen-bond acceptors (Lipinski definition) is 3. The van der Waals surface area contributed by atoms with Crippen molar-refractivity contribution < 1.29 is 4.79 Å². The smallest absolute Gasteiger partial charge is 0.162 e. The largest absolute Gasteiger partial charge is 0.342 e. The fourth-order valence-electron chi connectivity index (χ4n) is 5.01. The highest BCUT2D eigenvalue weighted by Gasteiger charge is 2.42. The molecule has 1 atom stereocenters. The van der Waals surface area contributed by atoms with Gasteiger partial charge in [0.25, 0.3) is 0 Å². The number of aryl methyl sites for hydroxylation is 2. The summed E-state index contributed by atoms with van der Waals surface area (Å²) in [6.07, 6.45) is 2.43. The Labute approximate surface area is 183 Å². The van der Waals surface area contributed by atoms with Crippen molar-refractivity contribution in [2.75, 3.05) is 5.32 Å². The molecule has 2 aromatic carbocycles. The van der Waals surface area contributed by atoms with Crippen LogP contribution in [-0.4, -0.2) is 16.0 Å². The molecule has 158 valence electrons. The van der Waals surface area contributed by atoms with Gasteiger partial charge in [-0.25, -0.2) is 0 Å². The lowest BCUT2D eigenvalue weighted by Crippen LogP contribution is -2.33. The van der Waals surface area contributed by atoms with E-state index in [1.54, 1.807) is 0 Å². The molecule has 0 saturated carbocycles. The molecule has 0 radical (unpaired) electrons. The number of carbonyl (C=O) groups is 1. The van der Waals surface area contributed by atoms with Crippen molar-refractivity contribution in [3.63, 3.8) is 0 Å². The van der Waals surface area contributed by atoms with Gasteiger partial charge in [0.1, 0.15) is 0 Å². The van der Waals surface area contributed by atoms with E-state index < -0.39 is 0 Å². The minimum atomic E-state index is -0.116. The Balaban J connectivity index is 1.70. The number of benzene rings is 2. The molecule has 0 amide bonds. The van der Waals surface area contributed by atoms with Crippen LogP contribution in [0.2, 0.25) is 0 Å². The van der Waals surface area contributed by atoms with Crippen LogP contribution in [0.15, 0.2) is 59.8 Å². The monoisotopic (exact) mass is 411 g/mol. The van der Waals surface area contributed by atoms with E-state index in [1.165, 1.54) is 11.1 Å². The first-order valence-corrected chi connectivity index (χ1v) is 11.1. The van der Waals surface area contributed by atoms with Crippen molar-refractivity contribution >= 4 is 11.6 Å². The third-order valence-electron chi connectivity index (χ3n) is 6.63. The molecule has 2 heterocycles. The molecule has 0 bridgehead atoms. The summed E-state index contributed by atoms with van der Waals surface area (Å²) < 4.78 is 0. The van der Waals surface area contributed by atoms with Gasteiger partial charge in [-0.05, 0) is 41.9 Å². The summed E-state index contributed by atoms with van der Waals surface area (Å²) >= 11 is 0. The van der Waals surface area contributed by atoms with Gasteiger partial charge in [-0.3, -0.25) is 9.89 Å². The average molecular weight is 412 g/mol. The van der Waals surface area contributed by atoms with Gasteiger partial charge < -0.3 is 5.32 Å². The van der Waals surface area contributed by atoms with Gasteiger partial charge in [0.2, 0.25) is 0 Å². The molecule has 0 saturated heterocycles. The highest BCUT2D eigenvalue weighted by atomic mass is 16.1. The number of hydrogen-bond donors (Lipinski definition) is 2. The van der Waals surface area contributed by atoms with Gasteiger partial charge in [-0.2, -0.15) is 5.10 Å². The first-order chi connectivity index (χ1) is 14.9. The highest BCUT2D eigenvalue weighted by molar-refractivity contribution is 6.02. The molecule has 0 fully saturated rings. The number of carbonyl (C=O) groups excluding carboxylic acids is 1. The van der Waals surface area contributed by atoms with E-state index in [0.717, 1.165) is 52.3 Å². The standard InChI is InChI=1S/C27H29N3O/c1-5-17-8-12-19(13-9-17)25-24-22(18-10-6-16(2)7-11-18)23-20(28-26(24)30-29-25)14-27(3,4)15-21(23)31/h6-13,22H,5,14-15H2,1-4H3,(H2,28,29,30)/t22-/m1/s1. The van der Waals surface area contributed by atoms with Gasteiger partial charge in [0.15, 0.2) is 11.6 Å². The predicted molar refractivity (Wildman–Crippen MR) is 125 cm³/mol. The van der Waals surface area contributed by atoms with Gasteiger partial charge in [0, 0.05) is 29.2 Å². The van der Waals surface area contributed by atoms with E-state index in [0.29, 0.717) is 6.42 Å². The topological polar surface area (TPSA) is 57.8 Å². The lowest BCUT2D eigenvalue weighted by atomic mass is 9.69. The molecule has 2 aliphatic rings. The number of Topliss-reactive ketones (excluding diaryl/α,β-unsaturated/α-hetero) is 1. The third kappa shape index (κ3) is 3.40. The quantitative estimate of drug-likeness (QED) is 0.543. The van der Waals surface area contributed by atoms with Gasteiger partial charge in [-0.15, -0.1) is 0 Å². The van der Waals surface area contributed by atoms with Crippen molar-refractivity contribution in [1.82, 2.24) is 10.2 Å². The normalized spacial score (nSPS) is 19.6. The lowest BCUT2D eigenvalue weighted by Gasteiger charge is -2.38. The maximum Gasteiger partial charge on any atom is 0.162 e. The minimum absolute atomic E-state index is 0.0482. The van der Waals surface area contributed by atoms with Crippen LogP contribution in [-0.2, 0) is 11.2 Å². The maximum absolute atomic E-state index is 13.4. The highest BCUT2D eigenvalue weighted by Crippen LogP contribution is 2.50. The summed E-state index contributed by atoms with van der Waals surface area (Å²) in [5.41, 5.74) is 8.69. The van der Waals surface area contributed by atoms with Crippen molar-refractivity contribution in [1.29, 1.82) is 0 Å². The zero-order valence-electron chi connectivity index (χ0n) is 18.7. The van der Waals surface area contributed by atoms with E-state index in [4.69, 9.17) is 0 Å².